The van der Waals surface area contributed by atoms with Gasteiger partial charge in [-0.1, -0.05) is 43.9 Å². The first kappa shape index (κ1) is 88.4. The number of hydrogen-bond donors (Lipinski definition) is 8. The van der Waals surface area contributed by atoms with Crippen LogP contribution in [0, 0.1) is 41.2 Å². The Morgan fingerprint density at radius 2 is 1.27 bits per heavy atom. The minimum Gasteiger partial charge on any atom is -0.481 e. The van der Waals surface area contributed by atoms with E-state index in [4.69, 9.17) is 14.0 Å². The summed E-state index contributed by atoms with van der Waals surface area (Å²) in [4.78, 5) is 144. The molecule has 113 heavy (non-hydrogen) atoms. The highest BCUT2D eigenvalue weighted by Gasteiger charge is 2.58. The molecule has 616 valence electrons. The summed E-state index contributed by atoms with van der Waals surface area (Å²) in [7, 11) is -4.21. The average molecular weight is 1630 g/mol. The predicted molar refractivity (Wildman–Crippen MR) is 377 cm³/mol. The van der Waals surface area contributed by atoms with Crippen molar-refractivity contribution >= 4 is 61.6 Å². The topological polar surface area (TPSA) is 385 Å². The van der Waals surface area contributed by atoms with Crippen molar-refractivity contribution in [3.63, 3.8) is 0 Å². The number of nitrogens with zero attached hydrogens (tertiary/aromatic N) is 8. The van der Waals surface area contributed by atoms with E-state index in [0.717, 1.165) is 43.2 Å². The van der Waals surface area contributed by atoms with Crippen LogP contribution in [0.1, 0.15) is 119 Å². The number of fused-ring (bicyclic) bond motifs is 2. The van der Waals surface area contributed by atoms with E-state index in [2.05, 4.69) is 56.9 Å². The number of ether oxygens (including phenoxy) is 4. The molecule has 3 aliphatic rings. The van der Waals surface area contributed by atoms with Gasteiger partial charge in [0, 0.05) is 91.1 Å². The highest BCUT2D eigenvalue weighted by atomic mass is 31.2. The normalized spacial score (nSPS) is 16.7. The molecule has 6 atom stereocenters. The fraction of sp³-hybridized carbons (Fsp3) is 0.514. The second kappa shape index (κ2) is 36.3. The number of carboxylic acid groups (broad SMARTS) is 2. The van der Waals surface area contributed by atoms with E-state index >= 15 is 44.7 Å². The van der Waals surface area contributed by atoms with Crippen molar-refractivity contribution in [3.05, 3.63) is 124 Å². The van der Waals surface area contributed by atoms with E-state index in [1.807, 2.05) is 5.32 Å². The molecule has 3 aliphatic heterocycles. The molecule has 3 saturated heterocycles. The summed E-state index contributed by atoms with van der Waals surface area (Å²) in [5, 5.41) is 29.0. The Morgan fingerprint density at radius 1 is 0.735 bits per heavy atom. The quantitative estimate of drug-likeness (QED) is 0.00492. The third-order valence-electron chi connectivity index (χ3n) is 19.6. The SMILES string of the molecule is COC(=O)N[C@H](C(=O)N[C@@H](Cc1ccc(C#Cc2cnc(N3CC4CCC(C3)N4C3COC3)nc2)cc1)[C@H](CN(Cc1c(F)cc(-c2ccn(C(F)F)n2)cc1F)NC(=O)[C@@H](NC(=O)OC)C(C)(C)C(F)(F)F)OC(=O)CC(C)(C)c1c(CC(=O)N(CCC(=O)O)CCC(=O)O)cc(C)cc1OP(=O)(O)O)C(C)(C)C(F)(F)F. The molecule has 2 unspecified atom stereocenters. The Kier molecular flexibility index (Phi) is 28.4. The maximum Gasteiger partial charge on any atom is 0.524 e. The molecule has 41 heteroatoms. The number of phosphoric ester groups is 1. The number of hydrogen-bond acceptors (Lipinski definition) is 20. The largest absolute Gasteiger partial charge is 0.524 e. The summed E-state index contributed by atoms with van der Waals surface area (Å²) in [5.74, 6) is -6.41. The van der Waals surface area contributed by atoms with Gasteiger partial charge in [-0.05, 0) is 107 Å². The van der Waals surface area contributed by atoms with Gasteiger partial charge in [0.2, 0.25) is 17.8 Å². The molecule has 8 N–H and O–H groups in total. The summed E-state index contributed by atoms with van der Waals surface area (Å²) in [6.45, 7) is 1.31. The van der Waals surface area contributed by atoms with Gasteiger partial charge in [-0.3, -0.25) is 48.9 Å². The maximum absolute atomic E-state index is 16.9. The van der Waals surface area contributed by atoms with Crippen LogP contribution < -0.4 is 30.8 Å². The minimum atomic E-state index is -5.66. The number of carbonyl (C=O) groups excluding carboxylic acids is 6. The first-order valence-corrected chi connectivity index (χ1v) is 36.5. The molecule has 5 aromatic rings. The first-order valence-electron chi connectivity index (χ1n) is 35.0. The van der Waals surface area contributed by atoms with Gasteiger partial charge in [0.25, 0.3) is 5.91 Å². The zero-order valence-electron chi connectivity index (χ0n) is 62.5. The smallest absolute Gasteiger partial charge is 0.481 e. The number of carboxylic acids is 2. The molecule has 2 bridgehead atoms. The zero-order valence-corrected chi connectivity index (χ0v) is 63.4. The third-order valence-corrected chi connectivity index (χ3v) is 20.0. The van der Waals surface area contributed by atoms with Crippen LogP contribution in [0.2, 0.25) is 0 Å². The van der Waals surface area contributed by atoms with Crippen molar-refractivity contribution in [2.45, 2.75) is 167 Å². The van der Waals surface area contributed by atoms with Crippen LogP contribution in [-0.2, 0) is 77.1 Å². The number of anilines is 1. The van der Waals surface area contributed by atoms with Crippen LogP contribution in [0.4, 0.5) is 59.4 Å². The molecule has 0 radical (unpaired) electrons. The number of alkyl halides is 8. The Labute approximate surface area is 640 Å². The fourth-order valence-corrected chi connectivity index (χ4v) is 13.7. The molecule has 0 saturated carbocycles. The molecule has 0 aliphatic carbocycles. The van der Waals surface area contributed by atoms with Gasteiger partial charge in [-0.2, -0.15) is 40.2 Å². The monoisotopic (exact) mass is 1630 g/mol. The zero-order chi connectivity index (χ0) is 83.6. The second-order valence-corrected chi connectivity index (χ2v) is 30.3. The number of carbonyl (C=O) groups is 8. The second-order valence-electron chi connectivity index (χ2n) is 29.1. The number of hydrazine groups is 1. The summed E-state index contributed by atoms with van der Waals surface area (Å²) in [5.41, 5.74) is -8.35. The lowest BCUT2D eigenvalue weighted by molar-refractivity contribution is -0.221. The van der Waals surface area contributed by atoms with Crippen LogP contribution in [0.3, 0.4) is 0 Å². The number of benzene rings is 3. The molecule has 5 heterocycles. The third kappa shape index (κ3) is 22.8. The number of nitrogens with one attached hydrogen (secondary N) is 4. The van der Waals surface area contributed by atoms with Crippen molar-refractivity contribution < 1.29 is 130 Å². The summed E-state index contributed by atoms with van der Waals surface area (Å²) < 4.78 is 192. The van der Waals surface area contributed by atoms with E-state index in [1.54, 1.807) is 5.32 Å². The average Bonchev–Trinajstić information content (AvgIpc) is 1.57. The van der Waals surface area contributed by atoms with Gasteiger partial charge in [0.1, 0.15) is 35.6 Å². The lowest BCUT2D eigenvalue weighted by atomic mass is 9.77. The Balaban J connectivity index is 1.28. The maximum atomic E-state index is 16.9. The van der Waals surface area contributed by atoms with Gasteiger partial charge in [-0.25, -0.2) is 42.6 Å². The summed E-state index contributed by atoms with van der Waals surface area (Å²) in [6.07, 6.45) is -14.8. The number of piperazine rings is 1. The molecule has 0 spiro atoms. The number of esters is 1. The Bertz CT molecular complexity index is 4360. The van der Waals surface area contributed by atoms with Gasteiger partial charge < -0.3 is 59.4 Å². The van der Waals surface area contributed by atoms with Crippen LogP contribution in [0.15, 0.2) is 73.2 Å². The van der Waals surface area contributed by atoms with Gasteiger partial charge in [0.05, 0.1) is 93.8 Å². The number of aryl methyl sites for hydroxylation is 1. The molecule has 8 rings (SSSR count). The van der Waals surface area contributed by atoms with Gasteiger partial charge >= 0.3 is 56.8 Å². The van der Waals surface area contributed by atoms with Crippen LogP contribution in [0.5, 0.6) is 5.75 Å². The number of alkyl carbamates (subject to hydrolysis) is 2. The predicted octanol–water partition coefficient (Wildman–Crippen LogP) is 8.03. The van der Waals surface area contributed by atoms with Crippen molar-refractivity contribution in [1.29, 1.82) is 0 Å². The number of phosphoric acid groups is 1. The van der Waals surface area contributed by atoms with E-state index in [-0.39, 0.29) is 32.5 Å². The highest BCUT2D eigenvalue weighted by Crippen LogP contribution is 2.47. The minimum absolute atomic E-state index is 0.0575. The number of amides is 5. The highest BCUT2D eigenvalue weighted by molar-refractivity contribution is 7.46. The van der Waals surface area contributed by atoms with Crippen LogP contribution in [-0.4, -0.2) is 217 Å². The van der Waals surface area contributed by atoms with E-state index < -0.39 is 208 Å². The van der Waals surface area contributed by atoms with E-state index in [9.17, 15) is 62.1 Å². The number of methoxy groups -OCH3 is 2. The number of aromatic nitrogens is 4. The molecule has 5 amide bonds. The van der Waals surface area contributed by atoms with Crippen LogP contribution >= 0.6 is 7.82 Å². The number of rotatable bonds is 33. The molecule has 30 nitrogen and oxygen atoms in total. The number of aliphatic carboxylic acids is 2. The lowest BCUT2D eigenvalue weighted by Crippen LogP contribution is -2.64. The molecule has 3 aromatic carbocycles. The standard InChI is InChI=1S/C72H85F10N12O18P/c1-39-24-44(29-55(95)90(21-19-56(96)97)22-20-57(98)99)59(53(25-39)112-113(105,106)107)68(2,3)30-58(100)111-54(36-92(89-63(102)61(87-67(104)109-9)70(6,7)72(80,81)82)35-48-49(73)27-43(28-50(48)74)51-18-23-93(88-51)64(75)76)52(85-62(101)60(86-66(103)108-8)69(4,5)71(77,78)79)26-41-13-10-40(11-14-41)12-15-42-31-83-65(84-32-42)91-33-45-16-17-46(34-91)94(45)47-37-110-38-47/h10-11,13-14,18,23-25,27-28,31-32,45-47,52,54,60-61,64H,16-17,19-22,26,29-30,33-38H2,1-9H3,(H,85,101)(H,86,103)(H,87,104)(H,89,102)(H,96,97)(H,98,99)(H2,105,106,107)/t45?,46?,52-,54-,60+,61+/m0/s1. The first-order chi connectivity index (χ1) is 52.7. The van der Waals surface area contributed by atoms with E-state index in [1.165, 1.54) is 63.5 Å². The number of halogens is 10. The molecule has 2 aromatic heterocycles. The summed E-state index contributed by atoms with van der Waals surface area (Å²) in [6, 6.07) is 3.32. The van der Waals surface area contributed by atoms with Crippen molar-refractivity contribution in [1.82, 2.24) is 55.9 Å². The van der Waals surface area contributed by atoms with Gasteiger partial charge in [0.15, 0.2) is 0 Å². The van der Waals surface area contributed by atoms with E-state index in [0.29, 0.717) is 108 Å². The summed E-state index contributed by atoms with van der Waals surface area (Å²) >= 11 is 0. The fourth-order valence-electron chi connectivity index (χ4n) is 13.3. The Morgan fingerprint density at radius 3 is 1.76 bits per heavy atom. The lowest BCUT2D eigenvalue weighted by Gasteiger charge is -2.47. The van der Waals surface area contributed by atoms with Crippen molar-refractivity contribution in [2.75, 3.05) is 65.1 Å². The molecular weight excluding hydrogens is 1540 g/mol. The molecular formula is C72H85F10N12O18P. The van der Waals surface area contributed by atoms with Crippen molar-refractivity contribution in [2.24, 2.45) is 10.8 Å². The van der Waals surface area contributed by atoms with Crippen LogP contribution in [0.25, 0.3) is 11.3 Å². The van der Waals surface area contributed by atoms with Crippen molar-refractivity contribution in [3.8, 4) is 28.8 Å². The van der Waals surface area contributed by atoms with Gasteiger partial charge in [-0.15, -0.1) is 0 Å². The Hall–Kier alpha value is -10.2. The molecule has 3 fully saturated rings.